The maximum Gasteiger partial charge on any atom is 0.223 e. The number of carbonyl (C=O) groups is 1. The predicted octanol–water partition coefficient (Wildman–Crippen LogP) is 3.98. The molecule has 1 aliphatic carbocycles. The number of amides is 1. The van der Waals surface area contributed by atoms with Gasteiger partial charge in [-0.25, -0.2) is 0 Å². The molecule has 1 aromatic carbocycles. The van der Waals surface area contributed by atoms with Crippen LogP contribution in [0.3, 0.4) is 0 Å². The summed E-state index contributed by atoms with van der Waals surface area (Å²) in [7, 11) is 1.68. The van der Waals surface area contributed by atoms with E-state index in [-0.39, 0.29) is 17.4 Å². The van der Waals surface area contributed by atoms with Gasteiger partial charge in [0.25, 0.3) is 0 Å². The lowest BCUT2D eigenvalue weighted by atomic mass is 9.74. The molecule has 0 saturated carbocycles. The molecule has 1 aromatic rings. The third-order valence-corrected chi connectivity index (χ3v) is 5.41. The Kier molecular flexibility index (Phi) is 6.73. The summed E-state index contributed by atoms with van der Waals surface area (Å²) >= 11 is 0. The zero-order valence-electron chi connectivity index (χ0n) is 17.5. The van der Waals surface area contributed by atoms with Crippen molar-refractivity contribution in [2.75, 3.05) is 20.3 Å². The number of hydrogen-bond acceptors (Lipinski definition) is 3. The Labute approximate surface area is 158 Å². The summed E-state index contributed by atoms with van der Waals surface area (Å²) in [4.78, 5) is 12.6. The maximum atomic E-state index is 12.6. The van der Waals surface area contributed by atoms with Crippen LogP contribution in [0.15, 0.2) is 6.07 Å². The van der Waals surface area contributed by atoms with Crippen LogP contribution in [0, 0.1) is 25.7 Å². The van der Waals surface area contributed by atoms with Gasteiger partial charge in [-0.2, -0.15) is 0 Å². The number of fused-ring (bicyclic) bond motifs is 1. The van der Waals surface area contributed by atoms with Crippen LogP contribution in [-0.4, -0.2) is 31.8 Å². The van der Waals surface area contributed by atoms with Crippen LogP contribution in [0.5, 0.6) is 5.75 Å². The molecule has 0 aliphatic heterocycles. The molecule has 0 saturated heterocycles. The van der Waals surface area contributed by atoms with E-state index in [0.717, 1.165) is 25.0 Å². The van der Waals surface area contributed by atoms with Crippen molar-refractivity contribution >= 4 is 5.91 Å². The second kappa shape index (κ2) is 8.43. The van der Waals surface area contributed by atoms with E-state index in [1.165, 1.54) is 22.3 Å². The second-order valence-corrected chi connectivity index (χ2v) is 8.65. The monoisotopic (exact) mass is 361 g/mol. The van der Waals surface area contributed by atoms with Crippen molar-refractivity contribution in [1.29, 1.82) is 0 Å². The third kappa shape index (κ3) is 5.00. The van der Waals surface area contributed by atoms with Crippen LogP contribution < -0.4 is 10.1 Å². The van der Waals surface area contributed by atoms with Gasteiger partial charge in [-0.3, -0.25) is 4.79 Å². The van der Waals surface area contributed by atoms with Gasteiger partial charge in [-0.15, -0.1) is 0 Å². The van der Waals surface area contributed by atoms with Crippen molar-refractivity contribution in [2.24, 2.45) is 11.8 Å². The Morgan fingerprint density at radius 2 is 1.96 bits per heavy atom. The average molecular weight is 362 g/mol. The lowest BCUT2D eigenvalue weighted by Crippen LogP contribution is -2.45. The van der Waals surface area contributed by atoms with E-state index in [9.17, 15) is 4.79 Å². The first-order valence-corrected chi connectivity index (χ1v) is 9.69. The van der Waals surface area contributed by atoms with E-state index in [1.807, 2.05) is 20.8 Å². The summed E-state index contributed by atoms with van der Waals surface area (Å²) in [5.41, 5.74) is 5.15. The average Bonchev–Trinajstić information content (AvgIpc) is 2.56. The Balaban J connectivity index is 2.18. The fourth-order valence-corrected chi connectivity index (χ4v) is 3.83. The smallest absolute Gasteiger partial charge is 0.223 e. The highest BCUT2D eigenvalue weighted by molar-refractivity contribution is 5.79. The summed E-state index contributed by atoms with van der Waals surface area (Å²) in [5, 5.41) is 3.13. The van der Waals surface area contributed by atoms with Crippen molar-refractivity contribution < 1.29 is 14.3 Å². The molecule has 1 aliphatic rings. The minimum Gasteiger partial charge on any atom is -0.491 e. The lowest BCUT2D eigenvalue weighted by Gasteiger charge is -2.33. The fraction of sp³-hybridized carbons (Fsp3) is 0.682. The molecule has 4 nitrogen and oxygen atoms in total. The molecular weight excluding hydrogens is 326 g/mol. The van der Waals surface area contributed by atoms with Gasteiger partial charge in [0.05, 0.1) is 6.61 Å². The highest BCUT2D eigenvalue weighted by Gasteiger charge is 2.31. The third-order valence-electron chi connectivity index (χ3n) is 5.41. The molecule has 0 spiro atoms. The minimum absolute atomic E-state index is 0.0140. The SMILES string of the molecule is COCCOc1cc(C)c2c(c1C)CC(C(C)C(=O)NC(C)(C)C)CC2. The number of rotatable bonds is 6. The van der Waals surface area contributed by atoms with Crippen molar-refractivity contribution in [3.63, 3.8) is 0 Å². The van der Waals surface area contributed by atoms with Gasteiger partial charge in [0.15, 0.2) is 0 Å². The van der Waals surface area contributed by atoms with E-state index in [0.29, 0.717) is 19.1 Å². The van der Waals surface area contributed by atoms with Crippen molar-refractivity contribution in [3.05, 3.63) is 28.3 Å². The second-order valence-electron chi connectivity index (χ2n) is 8.65. The van der Waals surface area contributed by atoms with Crippen molar-refractivity contribution in [2.45, 2.75) is 66.3 Å². The number of carbonyl (C=O) groups excluding carboxylic acids is 1. The van der Waals surface area contributed by atoms with Crippen LogP contribution >= 0.6 is 0 Å². The van der Waals surface area contributed by atoms with Gasteiger partial charge in [0.2, 0.25) is 5.91 Å². The zero-order valence-corrected chi connectivity index (χ0v) is 17.5. The summed E-state index contributed by atoms with van der Waals surface area (Å²) in [6.45, 7) is 13.6. The highest BCUT2D eigenvalue weighted by atomic mass is 16.5. The lowest BCUT2D eigenvalue weighted by molar-refractivity contribution is -0.127. The molecule has 2 rings (SSSR count). The van der Waals surface area contributed by atoms with E-state index in [4.69, 9.17) is 9.47 Å². The maximum absolute atomic E-state index is 12.6. The molecule has 2 unspecified atom stereocenters. The number of hydrogen-bond donors (Lipinski definition) is 1. The highest BCUT2D eigenvalue weighted by Crippen LogP contribution is 2.37. The quantitative estimate of drug-likeness (QED) is 0.780. The van der Waals surface area contributed by atoms with Gasteiger partial charge in [0.1, 0.15) is 12.4 Å². The number of ether oxygens (including phenoxy) is 2. The van der Waals surface area contributed by atoms with E-state index in [1.54, 1.807) is 7.11 Å². The molecule has 0 fully saturated rings. The summed E-state index contributed by atoms with van der Waals surface area (Å²) < 4.78 is 11.0. The number of nitrogens with one attached hydrogen (secondary N) is 1. The van der Waals surface area contributed by atoms with Crippen LogP contribution in [0.1, 0.15) is 56.4 Å². The first-order chi connectivity index (χ1) is 12.1. The predicted molar refractivity (Wildman–Crippen MR) is 106 cm³/mol. The molecule has 0 radical (unpaired) electrons. The molecule has 1 N–H and O–H groups in total. The summed E-state index contributed by atoms with van der Waals surface area (Å²) in [5.74, 6) is 1.50. The molecule has 0 heterocycles. The molecule has 26 heavy (non-hydrogen) atoms. The first kappa shape index (κ1) is 20.8. The zero-order chi connectivity index (χ0) is 19.5. The minimum atomic E-state index is -0.188. The largest absolute Gasteiger partial charge is 0.491 e. The Morgan fingerprint density at radius 3 is 2.58 bits per heavy atom. The summed E-state index contributed by atoms with van der Waals surface area (Å²) in [6, 6.07) is 2.15. The van der Waals surface area contributed by atoms with Crippen molar-refractivity contribution in [3.8, 4) is 5.75 Å². The molecule has 146 valence electrons. The number of methoxy groups -OCH3 is 1. The molecular formula is C22H35NO3. The molecule has 0 bridgehead atoms. The molecule has 2 atom stereocenters. The van der Waals surface area contributed by atoms with Gasteiger partial charge in [-0.05, 0) is 88.1 Å². The number of aryl methyl sites for hydroxylation is 1. The standard InChI is InChI=1S/C22H35NO3/c1-14-12-20(26-11-10-25-7)16(3)19-13-17(8-9-18(14)19)15(2)21(24)23-22(4,5)6/h12,15,17H,8-11,13H2,1-7H3,(H,23,24). The number of benzene rings is 1. The Morgan fingerprint density at radius 1 is 1.27 bits per heavy atom. The normalized spacial score (nSPS) is 18.2. The first-order valence-electron chi connectivity index (χ1n) is 9.69. The van der Waals surface area contributed by atoms with Gasteiger partial charge < -0.3 is 14.8 Å². The van der Waals surface area contributed by atoms with Gasteiger partial charge in [-0.1, -0.05) is 6.92 Å². The Hall–Kier alpha value is -1.55. The van der Waals surface area contributed by atoms with Gasteiger partial charge >= 0.3 is 0 Å². The van der Waals surface area contributed by atoms with E-state index in [2.05, 4.69) is 32.2 Å². The Bertz CT molecular complexity index is 646. The fourth-order valence-electron chi connectivity index (χ4n) is 3.83. The van der Waals surface area contributed by atoms with Crippen molar-refractivity contribution in [1.82, 2.24) is 5.32 Å². The van der Waals surface area contributed by atoms with Gasteiger partial charge in [0, 0.05) is 18.6 Å². The molecule has 4 heteroatoms. The molecule has 0 aromatic heterocycles. The van der Waals surface area contributed by atoms with Crippen LogP contribution in [0.2, 0.25) is 0 Å². The molecule has 1 amide bonds. The van der Waals surface area contributed by atoms with Crippen LogP contribution in [0.25, 0.3) is 0 Å². The van der Waals surface area contributed by atoms with Crippen LogP contribution in [0.4, 0.5) is 0 Å². The van der Waals surface area contributed by atoms with E-state index < -0.39 is 0 Å². The topological polar surface area (TPSA) is 47.6 Å². The van der Waals surface area contributed by atoms with E-state index >= 15 is 0 Å². The summed E-state index contributed by atoms with van der Waals surface area (Å²) in [6.07, 6.45) is 3.05. The van der Waals surface area contributed by atoms with Crippen LogP contribution in [-0.2, 0) is 22.4 Å².